The van der Waals surface area contributed by atoms with Gasteiger partial charge in [0.2, 0.25) is 0 Å². The number of H-pyrrole nitrogens is 1. The van der Waals surface area contributed by atoms with Gasteiger partial charge in [0.25, 0.3) is 0 Å². The Morgan fingerprint density at radius 1 is 1.16 bits per heavy atom. The second-order valence-electron chi connectivity index (χ2n) is 8.88. The van der Waals surface area contributed by atoms with Gasteiger partial charge in [0.05, 0.1) is 23.7 Å². The molecule has 0 aliphatic rings. The van der Waals surface area contributed by atoms with Gasteiger partial charge in [-0.15, -0.1) is 0 Å². The van der Waals surface area contributed by atoms with E-state index in [0.29, 0.717) is 13.2 Å². The molecule has 2 aromatic carbocycles. The van der Waals surface area contributed by atoms with Gasteiger partial charge >= 0.3 is 6.09 Å². The minimum absolute atomic E-state index is 0.165. The number of ether oxygens (including phenoxy) is 2. The molecule has 31 heavy (non-hydrogen) atoms. The maximum absolute atomic E-state index is 11.9. The summed E-state index contributed by atoms with van der Waals surface area (Å²) in [7, 11) is 0. The first-order chi connectivity index (χ1) is 14.8. The van der Waals surface area contributed by atoms with Crippen LogP contribution in [0.15, 0.2) is 42.6 Å². The summed E-state index contributed by atoms with van der Waals surface area (Å²) in [6.07, 6.45) is 3.52. The van der Waals surface area contributed by atoms with Gasteiger partial charge < -0.3 is 14.8 Å². The number of aromatic amines is 1. The third kappa shape index (κ3) is 6.00. The van der Waals surface area contributed by atoms with Crippen molar-refractivity contribution >= 4 is 17.0 Å². The monoisotopic (exact) mass is 423 g/mol. The number of amides is 1. The number of carbonyl (C=O) groups is 1. The van der Waals surface area contributed by atoms with Crippen LogP contribution in [0.1, 0.15) is 58.9 Å². The summed E-state index contributed by atoms with van der Waals surface area (Å²) in [5.41, 5.74) is 3.76. The van der Waals surface area contributed by atoms with Crippen LogP contribution in [-0.2, 0) is 4.74 Å². The number of aromatic nitrogens is 2. The Kier molecular flexibility index (Phi) is 7.21. The van der Waals surface area contributed by atoms with Crippen molar-refractivity contribution in [3.63, 3.8) is 0 Å². The van der Waals surface area contributed by atoms with Crippen LogP contribution >= 0.6 is 0 Å². The average Bonchev–Trinajstić information content (AvgIpc) is 3.20. The molecule has 6 nitrogen and oxygen atoms in total. The number of unbranched alkanes of at least 4 members (excludes halogenated alkanes) is 1. The summed E-state index contributed by atoms with van der Waals surface area (Å²) in [5, 5.41) is 11.0. The second kappa shape index (κ2) is 9.86. The van der Waals surface area contributed by atoms with E-state index in [0.717, 1.165) is 46.2 Å². The van der Waals surface area contributed by atoms with E-state index in [1.807, 2.05) is 33.0 Å². The van der Waals surface area contributed by atoms with Crippen LogP contribution in [0.5, 0.6) is 5.75 Å². The van der Waals surface area contributed by atoms with E-state index < -0.39 is 11.7 Å². The molecular weight excluding hydrogens is 390 g/mol. The second-order valence-corrected chi connectivity index (χ2v) is 8.88. The van der Waals surface area contributed by atoms with Crippen LogP contribution < -0.4 is 10.1 Å². The minimum atomic E-state index is -0.498. The van der Waals surface area contributed by atoms with E-state index in [1.165, 1.54) is 0 Å². The molecule has 0 radical (unpaired) electrons. The maximum atomic E-state index is 11.9. The topological polar surface area (TPSA) is 76.2 Å². The highest BCUT2D eigenvalue weighted by Crippen LogP contribution is 2.37. The molecule has 2 N–H and O–H groups in total. The Morgan fingerprint density at radius 2 is 1.90 bits per heavy atom. The lowest BCUT2D eigenvalue weighted by Gasteiger charge is -2.21. The first kappa shape index (κ1) is 22.7. The molecule has 1 unspecified atom stereocenters. The molecule has 1 heterocycles. The standard InChI is InChI=1S/C25H33N3O3/c1-6-7-14-30-23-20(12-13-22-21(23)16-27-28-22)19-10-8-18(9-11-19)17(2)15-26-24(29)31-25(3,4)5/h8-13,16-17H,6-7,14-15H2,1-5H3,(H,26,29)(H,27,28). The molecule has 0 bridgehead atoms. The number of benzene rings is 2. The molecule has 0 fully saturated rings. The Morgan fingerprint density at radius 3 is 2.58 bits per heavy atom. The molecule has 1 amide bonds. The van der Waals surface area contributed by atoms with E-state index in [-0.39, 0.29) is 5.92 Å². The summed E-state index contributed by atoms with van der Waals surface area (Å²) < 4.78 is 11.5. The molecule has 1 atom stereocenters. The quantitative estimate of drug-likeness (QED) is 0.433. The van der Waals surface area contributed by atoms with Crippen LogP contribution in [0.2, 0.25) is 0 Å². The van der Waals surface area contributed by atoms with Gasteiger partial charge in [0.15, 0.2) is 0 Å². The van der Waals surface area contributed by atoms with Crippen LogP contribution in [-0.4, -0.2) is 35.0 Å². The molecular formula is C25H33N3O3. The van der Waals surface area contributed by atoms with Gasteiger partial charge in [-0.3, -0.25) is 5.10 Å². The number of alkyl carbamates (subject to hydrolysis) is 1. The number of rotatable bonds is 8. The van der Waals surface area contributed by atoms with Gasteiger partial charge in [-0.25, -0.2) is 4.79 Å². The van der Waals surface area contributed by atoms with Gasteiger partial charge in [-0.2, -0.15) is 5.10 Å². The first-order valence-electron chi connectivity index (χ1n) is 10.9. The van der Waals surface area contributed by atoms with Crippen molar-refractivity contribution in [1.29, 1.82) is 0 Å². The summed E-state index contributed by atoms with van der Waals surface area (Å²) in [6.45, 7) is 11.0. The number of nitrogens with zero attached hydrogens (tertiary/aromatic N) is 1. The molecule has 6 heteroatoms. The fraction of sp³-hybridized carbons (Fsp3) is 0.440. The predicted molar refractivity (Wildman–Crippen MR) is 125 cm³/mol. The summed E-state index contributed by atoms with van der Waals surface area (Å²) in [4.78, 5) is 11.9. The van der Waals surface area contributed by atoms with E-state index in [1.54, 1.807) is 0 Å². The zero-order valence-corrected chi connectivity index (χ0v) is 19.1. The molecule has 0 saturated carbocycles. The van der Waals surface area contributed by atoms with Crippen molar-refractivity contribution in [2.24, 2.45) is 0 Å². The lowest BCUT2D eigenvalue weighted by Crippen LogP contribution is -2.34. The van der Waals surface area contributed by atoms with Crippen molar-refractivity contribution < 1.29 is 14.3 Å². The van der Waals surface area contributed by atoms with E-state index >= 15 is 0 Å². The highest BCUT2D eigenvalue weighted by molar-refractivity contribution is 5.92. The van der Waals surface area contributed by atoms with Crippen molar-refractivity contribution in [2.45, 2.75) is 59.0 Å². The highest BCUT2D eigenvalue weighted by atomic mass is 16.6. The fourth-order valence-electron chi connectivity index (χ4n) is 3.35. The van der Waals surface area contributed by atoms with Gasteiger partial charge in [-0.05, 0) is 56.4 Å². The van der Waals surface area contributed by atoms with Crippen LogP contribution in [0.25, 0.3) is 22.0 Å². The number of nitrogens with one attached hydrogen (secondary N) is 2. The van der Waals surface area contributed by atoms with Crippen molar-refractivity contribution in [2.75, 3.05) is 13.2 Å². The minimum Gasteiger partial charge on any atom is -0.492 e. The van der Waals surface area contributed by atoms with Crippen molar-refractivity contribution in [3.05, 3.63) is 48.2 Å². The maximum Gasteiger partial charge on any atom is 0.407 e. The summed E-state index contributed by atoms with van der Waals surface area (Å²) >= 11 is 0. The smallest absolute Gasteiger partial charge is 0.407 e. The molecule has 0 saturated heterocycles. The molecule has 3 aromatic rings. The van der Waals surface area contributed by atoms with E-state index in [9.17, 15) is 4.79 Å². The van der Waals surface area contributed by atoms with Gasteiger partial charge in [0, 0.05) is 12.1 Å². The largest absolute Gasteiger partial charge is 0.492 e. The Bertz CT molecular complexity index is 1000. The Balaban J connectivity index is 1.74. The molecule has 0 aliphatic carbocycles. The van der Waals surface area contributed by atoms with Crippen LogP contribution in [0.3, 0.4) is 0 Å². The lowest BCUT2D eigenvalue weighted by molar-refractivity contribution is 0.0525. The number of hydrogen-bond acceptors (Lipinski definition) is 4. The zero-order valence-electron chi connectivity index (χ0n) is 19.1. The SMILES string of the molecule is CCCCOc1c(-c2ccc(C(C)CNC(=O)OC(C)(C)C)cc2)ccc2[nH]ncc12. The summed E-state index contributed by atoms with van der Waals surface area (Å²) in [6, 6.07) is 12.5. The van der Waals surface area contributed by atoms with E-state index in [2.05, 4.69) is 59.7 Å². The number of fused-ring (bicyclic) bond motifs is 1. The zero-order chi connectivity index (χ0) is 22.4. The molecule has 0 aliphatic heterocycles. The molecule has 3 rings (SSSR count). The van der Waals surface area contributed by atoms with Gasteiger partial charge in [-0.1, -0.05) is 44.5 Å². The van der Waals surface area contributed by atoms with Crippen molar-refractivity contribution in [1.82, 2.24) is 15.5 Å². The number of carbonyl (C=O) groups excluding carboxylic acids is 1. The predicted octanol–water partition coefficient (Wildman–Crippen LogP) is 6.04. The normalized spacial score (nSPS) is 12.5. The Labute approximate surface area is 184 Å². The van der Waals surface area contributed by atoms with Crippen LogP contribution in [0.4, 0.5) is 4.79 Å². The summed E-state index contributed by atoms with van der Waals surface area (Å²) in [5.74, 6) is 1.03. The van der Waals surface area contributed by atoms with Crippen LogP contribution in [0, 0.1) is 0 Å². The first-order valence-corrected chi connectivity index (χ1v) is 10.9. The van der Waals surface area contributed by atoms with Gasteiger partial charge in [0.1, 0.15) is 11.4 Å². The average molecular weight is 424 g/mol. The Hall–Kier alpha value is -3.02. The third-order valence-corrected chi connectivity index (χ3v) is 5.06. The lowest BCUT2D eigenvalue weighted by atomic mass is 9.96. The van der Waals surface area contributed by atoms with E-state index in [4.69, 9.17) is 9.47 Å². The molecule has 0 spiro atoms. The highest BCUT2D eigenvalue weighted by Gasteiger charge is 2.17. The molecule has 1 aromatic heterocycles. The molecule has 166 valence electrons. The fourth-order valence-corrected chi connectivity index (χ4v) is 3.35. The number of hydrogen-bond donors (Lipinski definition) is 2. The van der Waals surface area contributed by atoms with Crippen molar-refractivity contribution in [3.8, 4) is 16.9 Å². The third-order valence-electron chi connectivity index (χ3n) is 5.06.